The molecule has 2 aromatic rings. The highest BCUT2D eigenvalue weighted by molar-refractivity contribution is 5.93. The Bertz CT molecular complexity index is 832. The summed E-state index contributed by atoms with van der Waals surface area (Å²) in [7, 11) is 0. The lowest BCUT2D eigenvalue weighted by Crippen LogP contribution is -2.47. The number of ether oxygens (including phenoxy) is 3. The molecule has 154 valence electrons. The molecule has 6 nitrogen and oxygen atoms in total. The third-order valence-electron chi connectivity index (χ3n) is 5.63. The minimum absolute atomic E-state index is 0.103. The van der Waals surface area contributed by atoms with Crippen molar-refractivity contribution in [2.45, 2.75) is 44.7 Å². The molecule has 1 spiro atoms. The molecule has 1 aliphatic heterocycles. The predicted octanol–water partition coefficient (Wildman–Crippen LogP) is 3.63. The van der Waals surface area contributed by atoms with Crippen molar-refractivity contribution < 1.29 is 24.1 Å². The Morgan fingerprint density at radius 3 is 2.69 bits per heavy atom. The second kappa shape index (κ2) is 8.95. The van der Waals surface area contributed by atoms with E-state index in [0.717, 1.165) is 31.2 Å². The van der Waals surface area contributed by atoms with Crippen LogP contribution in [-0.4, -0.2) is 30.0 Å². The second-order valence-electron chi connectivity index (χ2n) is 7.55. The maximum absolute atomic E-state index is 13.0. The smallest absolute Gasteiger partial charge is 0.232 e. The van der Waals surface area contributed by atoms with Gasteiger partial charge in [0.2, 0.25) is 5.91 Å². The molecule has 1 heterocycles. The first-order valence-corrected chi connectivity index (χ1v) is 10.2. The fraction of sp³-hybridized carbons (Fsp3) is 0.435. The first-order valence-electron chi connectivity index (χ1n) is 10.2. The van der Waals surface area contributed by atoms with Crippen LogP contribution in [0.3, 0.4) is 0 Å². The molecule has 29 heavy (non-hydrogen) atoms. The maximum atomic E-state index is 13.0. The molecule has 0 bridgehead atoms. The number of carbonyl (C=O) groups is 1. The molecule has 1 unspecified atom stereocenters. The van der Waals surface area contributed by atoms with Gasteiger partial charge in [-0.2, -0.15) is 0 Å². The van der Waals surface area contributed by atoms with Crippen molar-refractivity contribution in [3.8, 4) is 5.75 Å². The van der Waals surface area contributed by atoms with Gasteiger partial charge < -0.3 is 24.6 Å². The lowest BCUT2D eigenvalue weighted by molar-refractivity contribution is -0.210. The summed E-state index contributed by atoms with van der Waals surface area (Å²) in [5.74, 6) is -0.606. The quantitative estimate of drug-likeness (QED) is 0.778. The Morgan fingerprint density at radius 2 is 1.93 bits per heavy atom. The van der Waals surface area contributed by atoms with Crippen LogP contribution in [0.15, 0.2) is 48.5 Å². The summed E-state index contributed by atoms with van der Waals surface area (Å²) in [6.07, 6.45) is 3.49. The lowest BCUT2D eigenvalue weighted by atomic mass is 9.82. The van der Waals surface area contributed by atoms with Crippen LogP contribution in [0.4, 0.5) is 5.69 Å². The highest BCUT2D eigenvalue weighted by Crippen LogP contribution is 2.41. The summed E-state index contributed by atoms with van der Waals surface area (Å²) in [5, 5.41) is 12.7. The molecule has 2 aromatic carbocycles. The third kappa shape index (κ3) is 4.45. The number of amides is 1. The standard InChI is InChI=1S/C23H27NO5/c25-15-18-14-19(9-10-21(18)27-16-17-6-2-1-3-7-17)24-22(26)20-8-4-5-11-23(20)28-12-13-29-23/h1-3,6-7,9-10,14,20,25H,4-5,8,11-13,15-16H2,(H,24,26). The van der Waals surface area contributed by atoms with Crippen LogP contribution in [0.5, 0.6) is 5.75 Å². The Labute approximate surface area is 170 Å². The molecule has 1 atom stereocenters. The van der Waals surface area contributed by atoms with Gasteiger partial charge in [-0.05, 0) is 36.6 Å². The van der Waals surface area contributed by atoms with Gasteiger partial charge in [-0.15, -0.1) is 0 Å². The fourth-order valence-electron chi connectivity index (χ4n) is 4.15. The average Bonchev–Trinajstić information content (AvgIpc) is 3.22. The average molecular weight is 397 g/mol. The Kier molecular flexibility index (Phi) is 6.13. The number of nitrogens with one attached hydrogen (secondary N) is 1. The van der Waals surface area contributed by atoms with Crippen LogP contribution >= 0.6 is 0 Å². The van der Waals surface area contributed by atoms with Gasteiger partial charge in [-0.3, -0.25) is 4.79 Å². The molecule has 1 aliphatic carbocycles. The summed E-state index contributed by atoms with van der Waals surface area (Å²) in [5.41, 5.74) is 2.31. The van der Waals surface area contributed by atoms with E-state index < -0.39 is 5.79 Å². The molecular formula is C23H27NO5. The minimum atomic E-state index is -0.777. The number of aliphatic hydroxyl groups is 1. The number of rotatable bonds is 6. The van der Waals surface area contributed by atoms with Crippen molar-refractivity contribution >= 4 is 11.6 Å². The van der Waals surface area contributed by atoms with Crippen LogP contribution in [-0.2, 0) is 27.5 Å². The SMILES string of the molecule is O=C(Nc1ccc(OCc2ccccc2)c(CO)c1)C1CCCCC12OCCO2. The van der Waals surface area contributed by atoms with Crippen molar-refractivity contribution in [2.75, 3.05) is 18.5 Å². The van der Waals surface area contributed by atoms with Gasteiger partial charge in [0, 0.05) is 17.7 Å². The van der Waals surface area contributed by atoms with Gasteiger partial charge in [0.05, 0.1) is 25.7 Å². The number of benzene rings is 2. The highest BCUT2D eigenvalue weighted by atomic mass is 16.7. The van der Waals surface area contributed by atoms with Gasteiger partial charge in [-0.1, -0.05) is 36.8 Å². The summed E-state index contributed by atoms with van der Waals surface area (Å²) in [6.45, 7) is 1.31. The van der Waals surface area contributed by atoms with Crippen molar-refractivity contribution in [1.82, 2.24) is 0 Å². The summed E-state index contributed by atoms with van der Waals surface area (Å²) >= 11 is 0. The molecule has 2 fully saturated rings. The van der Waals surface area contributed by atoms with E-state index >= 15 is 0 Å². The molecule has 0 radical (unpaired) electrons. The summed E-state index contributed by atoms with van der Waals surface area (Å²) < 4.78 is 17.5. The molecule has 6 heteroatoms. The normalized spacial score (nSPS) is 20.5. The van der Waals surface area contributed by atoms with Crippen LogP contribution in [0, 0.1) is 5.92 Å². The number of anilines is 1. The number of carbonyl (C=O) groups excluding carboxylic acids is 1. The van der Waals surface area contributed by atoms with E-state index in [0.29, 0.717) is 36.8 Å². The first kappa shape index (κ1) is 19.9. The minimum Gasteiger partial charge on any atom is -0.489 e. The van der Waals surface area contributed by atoms with E-state index in [9.17, 15) is 9.90 Å². The highest BCUT2D eigenvalue weighted by Gasteiger charge is 2.49. The second-order valence-corrected chi connectivity index (χ2v) is 7.55. The van der Waals surface area contributed by atoms with E-state index in [2.05, 4.69) is 5.32 Å². The first-order chi connectivity index (χ1) is 14.2. The van der Waals surface area contributed by atoms with Crippen LogP contribution in [0.1, 0.15) is 36.8 Å². The number of hydrogen-bond acceptors (Lipinski definition) is 5. The zero-order valence-corrected chi connectivity index (χ0v) is 16.4. The Hall–Kier alpha value is -2.41. The Balaban J connectivity index is 1.44. The molecule has 2 N–H and O–H groups in total. The van der Waals surface area contributed by atoms with E-state index in [1.165, 1.54) is 0 Å². The molecule has 1 saturated carbocycles. The Morgan fingerprint density at radius 1 is 1.14 bits per heavy atom. The van der Waals surface area contributed by atoms with Crippen molar-refractivity contribution in [3.05, 3.63) is 59.7 Å². The van der Waals surface area contributed by atoms with Gasteiger partial charge in [0.1, 0.15) is 12.4 Å². The van der Waals surface area contributed by atoms with Crippen molar-refractivity contribution in [1.29, 1.82) is 0 Å². The van der Waals surface area contributed by atoms with E-state index in [1.807, 2.05) is 30.3 Å². The predicted molar refractivity (Wildman–Crippen MR) is 108 cm³/mol. The van der Waals surface area contributed by atoms with Gasteiger partial charge in [0.15, 0.2) is 5.79 Å². The molecule has 1 amide bonds. The van der Waals surface area contributed by atoms with Crippen LogP contribution < -0.4 is 10.1 Å². The van der Waals surface area contributed by atoms with E-state index in [1.54, 1.807) is 18.2 Å². The van der Waals surface area contributed by atoms with Gasteiger partial charge in [0.25, 0.3) is 0 Å². The van der Waals surface area contributed by atoms with E-state index in [-0.39, 0.29) is 18.4 Å². The zero-order valence-electron chi connectivity index (χ0n) is 16.4. The van der Waals surface area contributed by atoms with Gasteiger partial charge >= 0.3 is 0 Å². The monoisotopic (exact) mass is 397 g/mol. The largest absolute Gasteiger partial charge is 0.489 e. The molecular weight excluding hydrogens is 370 g/mol. The lowest BCUT2D eigenvalue weighted by Gasteiger charge is -2.38. The molecule has 1 saturated heterocycles. The van der Waals surface area contributed by atoms with Crippen LogP contribution in [0.25, 0.3) is 0 Å². The number of hydrogen-bond donors (Lipinski definition) is 2. The summed E-state index contributed by atoms with van der Waals surface area (Å²) in [6, 6.07) is 15.2. The van der Waals surface area contributed by atoms with Crippen LogP contribution in [0.2, 0.25) is 0 Å². The topological polar surface area (TPSA) is 77.0 Å². The zero-order chi connectivity index (χ0) is 20.1. The maximum Gasteiger partial charge on any atom is 0.232 e. The molecule has 4 rings (SSSR count). The van der Waals surface area contributed by atoms with E-state index in [4.69, 9.17) is 14.2 Å². The third-order valence-corrected chi connectivity index (χ3v) is 5.63. The van der Waals surface area contributed by atoms with Gasteiger partial charge in [-0.25, -0.2) is 0 Å². The molecule has 0 aromatic heterocycles. The van der Waals surface area contributed by atoms with Crippen molar-refractivity contribution in [3.63, 3.8) is 0 Å². The molecule has 2 aliphatic rings. The fourth-order valence-corrected chi connectivity index (χ4v) is 4.15. The number of aliphatic hydroxyl groups excluding tert-OH is 1. The van der Waals surface area contributed by atoms with Crippen molar-refractivity contribution in [2.24, 2.45) is 5.92 Å². The summed E-state index contributed by atoms with van der Waals surface area (Å²) in [4.78, 5) is 13.0.